The van der Waals surface area contributed by atoms with E-state index in [4.69, 9.17) is 9.52 Å². The first-order valence-corrected chi connectivity index (χ1v) is 3.68. The lowest BCUT2D eigenvalue weighted by atomic mass is 10.2. The lowest BCUT2D eigenvalue weighted by Gasteiger charge is -1.86. The molecule has 1 N–H and O–H groups in total. The molecular formula is C9H10O3. The van der Waals surface area contributed by atoms with Gasteiger partial charge in [-0.05, 0) is 12.5 Å². The quantitative estimate of drug-likeness (QED) is 0.689. The molecule has 1 rings (SSSR count). The fraction of sp³-hybridized carbons (Fsp3) is 0.222. The average Bonchev–Trinajstić information content (AvgIpc) is 2.52. The monoisotopic (exact) mass is 166 g/mol. The number of carbonyl (C=O) groups excluding carboxylic acids is 1. The van der Waals surface area contributed by atoms with Crippen molar-refractivity contribution >= 4 is 12.4 Å². The standard InChI is InChI=1S/C9H10O3/c10-5-2-1-3-8-4-6-12-9(8)7-11/h1,3-4,6-7,10H,2,5H2. The molecule has 1 aromatic rings. The van der Waals surface area contributed by atoms with Gasteiger partial charge in [-0.25, -0.2) is 0 Å². The summed E-state index contributed by atoms with van der Waals surface area (Å²) >= 11 is 0. The minimum Gasteiger partial charge on any atom is -0.461 e. The Hall–Kier alpha value is -1.35. The minimum absolute atomic E-state index is 0.116. The number of aliphatic hydroxyl groups excluding tert-OH is 1. The fourth-order valence-electron chi connectivity index (χ4n) is 0.849. The highest BCUT2D eigenvalue weighted by atomic mass is 16.3. The van der Waals surface area contributed by atoms with Gasteiger partial charge in [0.25, 0.3) is 0 Å². The fourth-order valence-corrected chi connectivity index (χ4v) is 0.849. The number of hydrogen-bond donors (Lipinski definition) is 1. The Morgan fingerprint density at radius 3 is 3.08 bits per heavy atom. The van der Waals surface area contributed by atoms with Crippen LogP contribution < -0.4 is 0 Å². The van der Waals surface area contributed by atoms with Gasteiger partial charge in [-0.15, -0.1) is 0 Å². The van der Waals surface area contributed by atoms with Gasteiger partial charge in [0, 0.05) is 12.2 Å². The predicted octanol–water partition coefficient (Wildman–Crippen LogP) is 1.49. The van der Waals surface area contributed by atoms with Gasteiger partial charge >= 0.3 is 0 Å². The molecule has 0 unspecified atom stereocenters. The van der Waals surface area contributed by atoms with Gasteiger partial charge < -0.3 is 9.52 Å². The van der Waals surface area contributed by atoms with E-state index in [2.05, 4.69) is 0 Å². The molecule has 3 nitrogen and oxygen atoms in total. The van der Waals surface area contributed by atoms with Crippen LogP contribution in [0.5, 0.6) is 0 Å². The molecule has 0 fully saturated rings. The zero-order chi connectivity index (χ0) is 8.81. The molecule has 12 heavy (non-hydrogen) atoms. The maximum atomic E-state index is 10.3. The van der Waals surface area contributed by atoms with Gasteiger partial charge in [0.2, 0.25) is 0 Å². The first kappa shape index (κ1) is 8.74. The first-order chi connectivity index (χ1) is 5.88. The third kappa shape index (κ3) is 2.07. The van der Waals surface area contributed by atoms with Crippen LogP contribution in [0.4, 0.5) is 0 Å². The SMILES string of the molecule is O=Cc1occc1C=CCCO. The lowest BCUT2D eigenvalue weighted by Crippen LogP contribution is -1.79. The van der Waals surface area contributed by atoms with Crippen LogP contribution in [0.15, 0.2) is 22.8 Å². The summed E-state index contributed by atoms with van der Waals surface area (Å²) in [6, 6.07) is 1.71. The van der Waals surface area contributed by atoms with Gasteiger partial charge in [0.1, 0.15) is 0 Å². The Balaban J connectivity index is 2.67. The molecule has 0 spiro atoms. The summed E-state index contributed by atoms with van der Waals surface area (Å²) in [6.45, 7) is 0.116. The van der Waals surface area contributed by atoms with Crippen LogP contribution in [-0.2, 0) is 0 Å². The maximum Gasteiger partial charge on any atom is 0.185 e. The molecule has 0 aromatic carbocycles. The van der Waals surface area contributed by atoms with E-state index < -0.39 is 0 Å². The zero-order valence-electron chi connectivity index (χ0n) is 6.56. The molecule has 0 aliphatic heterocycles. The first-order valence-electron chi connectivity index (χ1n) is 3.68. The molecular weight excluding hydrogens is 156 g/mol. The third-order valence-electron chi connectivity index (χ3n) is 1.43. The molecule has 0 saturated heterocycles. The summed E-state index contributed by atoms with van der Waals surface area (Å²) in [4.78, 5) is 10.3. The van der Waals surface area contributed by atoms with Crippen LogP contribution >= 0.6 is 0 Å². The number of aliphatic hydroxyl groups is 1. The molecule has 1 heterocycles. The number of aldehydes is 1. The second kappa shape index (κ2) is 4.51. The van der Waals surface area contributed by atoms with Crippen molar-refractivity contribution in [2.45, 2.75) is 6.42 Å². The highest BCUT2D eigenvalue weighted by Gasteiger charge is 1.99. The Labute approximate surface area is 70.3 Å². The second-order valence-electron chi connectivity index (χ2n) is 2.27. The van der Waals surface area contributed by atoms with Crippen LogP contribution in [0.2, 0.25) is 0 Å². The van der Waals surface area contributed by atoms with Crippen LogP contribution in [0, 0.1) is 0 Å². The van der Waals surface area contributed by atoms with Crippen LogP contribution in [0.3, 0.4) is 0 Å². The Morgan fingerprint density at radius 1 is 1.58 bits per heavy atom. The molecule has 3 heteroatoms. The van der Waals surface area contributed by atoms with Gasteiger partial charge in [0.15, 0.2) is 12.0 Å². The Kier molecular flexibility index (Phi) is 3.29. The van der Waals surface area contributed by atoms with Crippen LogP contribution in [-0.4, -0.2) is 18.0 Å². The highest BCUT2D eigenvalue weighted by Crippen LogP contribution is 2.09. The van der Waals surface area contributed by atoms with Crippen LogP contribution in [0.1, 0.15) is 22.5 Å². The van der Waals surface area contributed by atoms with Crippen LogP contribution in [0.25, 0.3) is 6.08 Å². The van der Waals surface area contributed by atoms with Gasteiger partial charge in [-0.2, -0.15) is 0 Å². The van der Waals surface area contributed by atoms with E-state index in [1.165, 1.54) is 6.26 Å². The Morgan fingerprint density at radius 2 is 2.42 bits per heavy atom. The van der Waals surface area contributed by atoms with E-state index in [1.807, 2.05) is 0 Å². The smallest absolute Gasteiger partial charge is 0.185 e. The summed E-state index contributed by atoms with van der Waals surface area (Å²) in [7, 11) is 0. The molecule has 0 atom stereocenters. The Bertz CT molecular complexity index is 273. The summed E-state index contributed by atoms with van der Waals surface area (Å²) < 4.78 is 4.86. The van der Waals surface area contributed by atoms with Gasteiger partial charge in [-0.3, -0.25) is 4.79 Å². The topological polar surface area (TPSA) is 50.4 Å². The number of rotatable bonds is 4. The third-order valence-corrected chi connectivity index (χ3v) is 1.43. The van der Waals surface area contributed by atoms with Crippen molar-refractivity contribution < 1.29 is 14.3 Å². The van der Waals surface area contributed by atoms with Crippen molar-refractivity contribution in [1.82, 2.24) is 0 Å². The number of carbonyl (C=O) groups is 1. The molecule has 64 valence electrons. The summed E-state index contributed by atoms with van der Waals surface area (Å²) in [5, 5.41) is 8.48. The summed E-state index contributed by atoms with van der Waals surface area (Å²) in [6.07, 6.45) is 6.26. The van der Waals surface area contributed by atoms with Crippen molar-refractivity contribution in [3.05, 3.63) is 29.7 Å². The molecule has 0 aliphatic carbocycles. The van der Waals surface area contributed by atoms with Crippen molar-refractivity contribution in [2.75, 3.05) is 6.61 Å². The normalized spacial score (nSPS) is 10.8. The zero-order valence-corrected chi connectivity index (χ0v) is 6.56. The molecule has 0 saturated carbocycles. The van der Waals surface area contributed by atoms with E-state index in [9.17, 15) is 4.79 Å². The van der Waals surface area contributed by atoms with E-state index in [0.29, 0.717) is 18.5 Å². The largest absolute Gasteiger partial charge is 0.461 e. The molecule has 0 aliphatic rings. The van der Waals surface area contributed by atoms with E-state index in [0.717, 1.165) is 5.56 Å². The van der Waals surface area contributed by atoms with Gasteiger partial charge in [-0.1, -0.05) is 12.2 Å². The second-order valence-corrected chi connectivity index (χ2v) is 2.27. The van der Waals surface area contributed by atoms with E-state index >= 15 is 0 Å². The van der Waals surface area contributed by atoms with Crippen molar-refractivity contribution in [3.8, 4) is 0 Å². The van der Waals surface area contributed by atoms with Crippen molar-refractivity contribution in [2.24, 2.45) is 0 Å². The number of hydrogen-bond acceptors (Lipinski definition) is 3. The maximum absolute atomic E-state index is 10.3. The number of furan rings is 1. The van der Waals surface area contributed by atoms with E-state index in [1.54, 1.807) is 18.2 Å². The van der Waals surface area contributed by atoms with Crippen molar-refractivity contribution in [3.63, 3.8) is 0 Å². The van der Waals surface area contributed by atoms with Crippen molar-refractivity contribution in [1.29, 1.82) is 0 Å². The highest BCUT2D eigenvalue weighted by molar-refractivity contribution is 5.77. The minimum atomic E-state index is 0.116. The average molecular weight is 166 g/mol. The van der Waals surface area contributed by atoms with E-state index in [-0.39, 0.29) is 6.61 Å². The summed E-state index contributed by atoms with van der Waals surface area (Å²) in [5.74, 6) is 0.323. The van der Waals surface area contributed by atoms with Gasteiger partial charge in [0.05, 0.1) is 6.26 Å². The molecule has 0 bridgehead atoms. The summed E-state index contributed by atoms with van der Waals surface area (Å²) in [5.41, 5.74) is 0.749. The lowest BCUT2D eigenvalue weighted by molar-refractivity contribution is 0.110. The molecule has 0 amide bonds. The molecule has 0 radical (unpaired) electrons. The molecule has 1 aromatic heterocycles. The predicted molar refractivity (Wildman–Crippen MR) is 44.8 cm³/mol.